The molecule has 0 bridgehead atoms. The van der Waals surface area contributed by atoms with E-state index in [9.17, 15) is 4.39 Å². The highest BCUT2D eigenvalue weighted by atomic mass is 19.1. The molecule has 1 aliphatic rings. The zero-order valence-corrected chi connectivity index (χ0v) is 18.5. The predicted molar refractivity (Wildman–Crippen MR) is 117 cm³/mol. The van der Waals surface area contributed by atoms with Crippen LogP contribution >= 0.6 is 0 Å². The average molecular weight is 434 g/mol. The number of ether oxygens (including phenoxy) is 2. The SMILES string of the molecule is Cc1nnc(CN=C(NCCN2CCOCC2)NCC(C)Oc2cccc(F)c2)n1C. The lowest BCUT2D eigenvalue weighted by Gasteiger charge is -2.27. The highest BCUT2D eigenvalue weighted by molar-refractivity contribution is 5.79. The Kier molecular flexibility index (Phi) is 8.60. The summed E-state index contributed by atoms with van der Waals surface area (Å²) in [7, 11) is 1.92. The predicted octanol–water partition coefficient (Wildman–Crippen LogP) is 1.10. The first-order chi connectivity index (χ1) is 15.0. The lowest BCUT2D eigenvalue weighted by atomic mass is 10.3. The first-order valence-corrected chi connectivity index (χ1v) is 10.6. The minimum Gasteiger partial charge on any atom is -0.489 e. The van der Waals surface area contributed by atoms with E-state index in [-0.39, 0.29) is 11.9 Å². The summed E-state index contributed by atoms with van der Waals surface area (Å²) in [4.78, 5) is 7.01. The Labute approximate surface area is 182 Å². The van der Waals surface area contributed by atoms with E-state index >= 15 is 0 Å². The van der Waals surface area contributed by atoms with Gasteiger partial charge in [-0.3, -0.25) is 4.90 Å². The summed E-state index contributed by atoms with van der Waals surface area (Å²) in [6.07, 6.45) is -0.176. The Bertz CT molecular complexity index is 852. The average Bonchev–Trinajstić information content (AvgIpc) is 3.08. The van der Waals surface area contributed by atoms with Crippen molar-refractivity contribution in [1.29, 1.82) is 0 Å². The van der Waals surface area contributed by atoms with Crippen molar-refractivity contribution in [1.82, 2.24) is 30.3 Å². The molecule has 9 nitrogen and oxygen atoms in total. The van der Waals surface area contributed by atoms with Crippen LogP contribution < -0.4 is 15.4 Å². The molecule has 0 radical (unpaired) electrons. The van der Waals surface area contributed by atoms with E-state index in [2.05, 4.69) is 30.7 Å². The number of morpholine rings is 1. The minimum absolute atomic E-state index is 0.176. The Morgan fingerprint density at radius 1 is 1.29 bits per heavy atom. The number of guanidine groups is 1. The summed E-state index contributed by atoms with van der Waals surface area (Å²) >= 11 is 0. The third-order valence-electron chi connectivity index (χ3n) is 5.08. The van der Waals surface area contributed by atoms with Crippen molar-refractivity contribution < 1.29 is 13.9 Å². The molecule has 1 atom stereocenters. The second kappa shape index (κ2) is 11.6. The molecule has 1 unspecified atom stereocenters. The van der Waals surface area contributed by atoms with Crippen LogP contribution in [0.4, 0.5) is 4.39 Å². The summed E-state index contributed by atoms with van der Waals surface area (Å²) in [6.45, 7) is 9.85. The summed E-state index contributed by atoms with van der Waals surface area (Å²) in [5, 5.41) is 14.9. The zero-order valence-electron chi connectivity index (χ0n) is 18.5. The number of aliphatic imine (C=N–C) groups is 1. The quantitative estimate of drug-likeness (QED) is 0.452. The van der Waals surface area contributed by atoms with Crippen LogP contribution in [-0.4, -0.2) is 77.7 Å². The number of aromatic nitrogens is 3. The Morgan fingerprint density at radius 2 is 2.10 bits per heavy atom. The maximum Gasteiger partial charge on any atom is 0.191 e. The van der Waals surface area contributed by atoms with Crippen molar-refractivity contribution in [2.45, 2.75) is 26.5 Å². The lowest BCUT2D eigenvalue weighted by Crippen LogP contribution is -2.46. The summed E-state index contributed by atoms with van der Waals surface area (Å²) in [6, 6.07) is 6.15. The Balaban J connectivity index is 1.54. The van der Waals surface area contributed by atoms with Crippen LogP contribution in [0.2, 0.25) is 0 Å². The number of hydrogen-bond acceptors (Lipinski definition) is 6. The van der Waals surface area contributed by atoms with E-state index in [4.69, 9.17) is 9.47 Å². The van der Waals surface area contributed by atoms with E-state index in [1.165, 1.54) is 12.1 Å². The van der Waals surface area contributed by atoms with Crippen molar-refractivity contribution in [2.75, 3.05) is 45.9 Å². The molecule has 0 spiro atoms. The van der Waals surface area contributed by atoms with Crippen molar-refractivity contribution in [3.63, 3.8) is 0 Å². The Morgan fingerprint density at radius 3 is 2.81 bits per heavy atom. The molecule has 1 aliphatic heterocycles. The number of halogens is 1. The normalized spacial score (nSPS) is 16.2. The van der Waals surface area contributed by atoms with Gasteiger partial charge in [-0.25, -0.2) is 9.38 Å². The molecule has 0 amide bonds. The van der Waals surface area contributed by atoms with Gasteiger partial charge >= 0.3 is 0 Å². The Hall–Kier alpha value is -2.72. The second-order valence-corrected chi connectivity index (χ2v) is 7.53. The lowest BCUT2D eigenvalue weighted by molar-refractivity contribution is 0.0389. The van der Waals surface area contributed by atoms with Crippen molar-refractivity contribution in [3.05, 3.63) is 41.7 Å². The highest BCUT2D eigenvalue weighted by Gasteiger charge is 2.11. The molecule has 0 aliphatic carbocycles. The molecule has 1 fully saturated rings. The fraction of sp³-hybridized carbons (Fsp3) is 0.571. The zero-order chi connectivity index (χ0) is 22.1. The summed E-state index contributed by atoms with van der Waals surface area (Å²) in [5.41, 5.74) is 0. The van der Waals surface area contributed by atoms with Crippen LogP contribution in [0.1, 0.15) is 18.6 Å². The van der Waals surface area contributed by atoms with Gasteiger partial charge in [-0.15, -0.1) is 10.2 Å². The molecule has 2 heterocycles. The third-order valence-corrected chi connectivity index (χ3v) is 5.08. The van der Waals surface area contributed by atoms with Gasteiger partial charge in [0, 0.05) is 39.3 Å². The summed E-state index contributed by atoms with van der Waals surface area (Å²) < 4.78 is 26.5. The number of aryl methyl sites for hydroxylation is 1. The first kappa shape index (κ1) is 23.0. The van der Waals surface area contributed by atoms with E-state index in [1.54, 1.807) is 12.1 Å². The smallest absolute Gasteiger partial charge is 0.191 e. The molecule has 31 heavy (non-hydrogen) atoms. The van der Waals surface area contributed by atoms with E-state index in [1.807, 2.05) is 25.5 Å². The molecule has 2 N–H and O–H groups in total. The topological polar surface area (TPSA) is 88.8 Å². The molecular formula is C21H32FN7O2. The van der Waals surface area contributed by atoms with Gasteiger partial charge in [0.05, 0.1) is 19.8 Å². The number of rotatable bonds is 9. The van der Waals surface area contributed by atoms with Gasteiger partial charge in [0.1, 0.15) is 30.0 Å². The number of nitrogens with one attached hydrogen (secondary N) is 2. The van der Waals surface area contributed by atoms with Crippen molar-refractivity contribution >= 4 is 5.96 Å². The number of benzene rings is 1. The van der Waals surface area contributed by atoms with Gasteiger partial charge in [0.25, 0.3) is 0 Å². The molecule has 3 rings (SSSR count). The van der Waals surface area contributed by atoms with E-state index < -0.39 is 0 Å². The van der Waals surface area contributed by atoms with Crippen LogP contribution in [0.15, 0.2) is 29.3 Å². The largest absolute Gasteiger partial charge is 0.489 e. The fourth-order valence-corrected chi connectivity index (χ4v) is 3.12. The molecule has 170 valence electrons. The molecular weight excluding hydrogens is 401 g/mol. The molecule has 1 aromatic heterocycles. The van der Waals surface area contributed by atoms with Crippen LogP contribution in [0, 0.1) is 12.7 Å². The highest BCUT2D eigenvalue weighted by Crippen LogP contribution is 2.13. The standard InChI is InChI=1S/C21H32FN7O2/c1-16(31-19-6-4-5-18(22)13-19)14-24-21(23-7-8-29-9-11-30-12-10-29)25-15-20-27-26-17(2)28(20)3/h4-6,13,16H,7-12,14-15H2,1-3H3,(H2,23,24,25). The van der Waals surface area contributed by atoms with Crippen LogP contribution in [0.25, 0.3) is 0 Å². The molecule has 0 saturated carbocycles. The van der Waals surface area contributed by atoms with E-state index in [0.29, 0.717) is 24.8 Å². The monoisotopic (exact) mass is 433 g/mol. The van der Waals surface area contributed by atoms with Gasteiger partial charge in [-0.1, -0.05) is 6.07 Å². The molecule has 1 saturated heterocycles. The fourth-order valence-electron chi connectivity index (χ4n) is 3.12. The van der Waals surface area contributed by atoms with Crippen LogP contribution in [0.5, 0.6) is 5.75 Å². The maximum atomic E-state index is 13.4. The summed E-state index contributed by atoms with van der Waals surface area (Å²) in [5.74, 6) is 2.49. The number of nitrogens with zero attached hydrogens (tertiary/aromatic N) is 5. The second-order valence-electron chi connectivity index (χ2n) is 7.53. The van der Waals surface area contributed by atoms with Crippen LogP contribution in [0.3, 0.4) is 0 Å². The van der Waals surface area contributed by atoms with Crippen molar-refractivity contribution in [2.24, 2.45) is 12.0 Å². The van der Waals surface area contributed by atoms with Gasteiger partial charge < -0.3 is 24.7 Å². The van der Waals surface area contributed by atoms with Gasteiger partial charge in [0.2, 0.25) is 0 Å². The minimum atomic E-state index is -0.316. The maximum absolute atomic E-state index is 13.4. The van der Waals surface area contributed by atoms with Crippen molar-refractivity contribution in [3.8, 4) is 5.75 Å². The number of hydrogen-bond donors (Lipinski definition) is 2. The molecule has 10 heteroatoms. The van der Waals surface area contributed by atoms with Gasteiger partial charge in [0.15, 0.2) is 11.8 Å². The van der Waals surface area contributed by atoms with Gasteiger partial charge in [-0.05, 0) is 26.0 Å². The third kappa shape index (κ3) is 7.48. The first-order valence-electron chi connectivity index (χ1n) is 10.6. The van der Waals surface area contributed by atoms with E-state index in [0.717, 1.165) is 51.0 Å². The van der Waals surface area contributed by atoms with Gasteiger partial charge in [-0.2, -0.15) is 0 Å². The molecule has 2 aromatic rings. The van der Waals surface area contributed by atoms with Crippen LogP contribution in [-0.2, 0) is 18.3 Å². The molecule has 1 aromatic carbocycles.